The highest BCUT2D eigenvalue weighted by Gasteiger charge is 2.40. The van der Waals surface area contributed by atoms with Crippen molar-refractivity contribution in [1.82, 2.24) is 5.32 Å². The van der Waals surface area contributed by atoms with Gasteiger partial charge in [0.2, 0.25) is 0 Å². The van der Waals surface area contributed by atoms with E-state index in [0.717, 1.165) is 19.4 Å². The molecule has 0 aromatic heterocycles. The maximum Gasteiger partial charge on any atom is 0.411 e. The van der Waals surface area contributed by atoms with Crippen molar-refractivity contribution in [3.8, 4) is 0 Å². The molecule has 0 spiro atoms. The van der Waals surface area contributed by atoms with Crippen molar-refractivity contribution in [1.29, 1.82) is 0 Å². The summed E-state index contributed by atoms with van der Waals surface area (Å²) < 4.78 is 41.6. The highest BCUT2D eigenvalue weighted by Crippen LogP contribution is 2.37. The molecule has 1 fully saturated rings. The van der Waals surface area contributed by atoms with E-state index >= 15 is 0 Å². The lowest BCUT2D eigenvalue weighted by Gasteiger charge is -2.44. The zero-order valence-electron chi connectivity index (χ0n) is 10.7. The summed E-state index contributed by atoms with van der Waals surface area (Å²) in [6.07, 6.45) is -1.91. The van der Waals surface area contributed by atoms with E-state index < -0.39 is 12.8 Å². The van der Waals surface area contributed by atoms with Crippen LogP contribution in [-0.4, -0.2) is 31.5 Å². The van der Waals surface area contributed by atoms with Crippen LogP contribution in [0, 0.1) is 5.41 Å². The summed E-state index contributed by atoms with van der Waals surface area (Å²) in [6, 6.07) is 0.00333. The van der Waals surface area contributed by atoms with E-state index in [9.17, 15) is 13.2 Å². The predicted octanol–water partition coefficient (Wildman–Crippen LogP) is 3.12. The van der Waals surface area contributed by atoms with Crippen LogP contribution in [-0.2, 0) is 4.74 Å². The Morgan fingerprint density at radius 3 is 2.53 bits per heavy atom. The molecule has 0 aromatic carbocycles. The molecule has 0 heterocycles. The van der Waals surface area contributed by atoms with Gasteiger partial charge in [-0.3, -0.25) is 0 Å². The molecule has 0 radical (unpaired) electrons. The third kappa shape index (κ3) is 4.47. The monoisotopic (exact) mass is 253 g/mol. The van der Waals surface area contributed by atoms with Gasteiger partial charge in [0.25, 0.3) is 0 Å². The van der Waals surface area contributed by atoms with Gasteiger partial charge in [-0.1, -0.05) is 27.2 Å². The molecule has 0 bridgehead atoms. The molecule has 1 aliphatic rings. The average Bonchev–Trinajstić information content (AvgIpc) is 2.17. The number of alkyl halides is 3. The zero-order chi connectivity index (χ0) is 13.1. The fourth-order valence-corrected chi connectivity index (χ4v) is 2.59. The second kappa shape index (κ2) is 5.57. The molecule has 2 unspecified atom stereocenters. The van der Waals surface area contributed by atoms with E-state index in [0.29, 0.717) is 6.42 Å². The molecule has 1 aliphatic carbocycles. The first-order valence-corrected chi connectivity index (χ1v) is 6.18. The Morgan fingerprint density at radius 2 is 2.00 bits per heavy atom. The lowest BCUT2D eigenvalue weighted by Crippen LogP contribution is -2.54. The molecule has 0 aromatic rings. The molecule has 0 aliphatic heterocycles. The van der Waals surface area contributed by atoms with Gasteiger partial charge in [0.05, 0.1) is 6.10 Å². The number of hydrogen-bond acceptors (Lipinski definition) is 2. The van der Waals surface area contributed by atoms with Gasteiger partial charge in [-0.05, 0) is 24.8 Å². The van der Waals surface area contributed by atoms with Gasteiger partial charge in [0.15, 0.2) is 0 Å². The van der Waals surface area contributed by atoms with Crippen molar-refractivity contribution in [2.24, 2.45) is 5.41 Å². The number of rotatable bonds is 4. The molecule has 17 heavy (non-hydrogen) atoms. The molecule has 1 saturated carbocycles. The molecular formula is C12H22F3NO. The minimum Gasteiger partial charge on any atom is -0.367 e. The minimum atomic E-state index is -4.24. The van der Waals surface area contributed by atoms with Crippen LogP contribution in [0.5, 0.6) is 0 Å². The van der Waals surface area contributed by atoms with Crippen molar-refractivity contribution >= 4 is 0 Å². The van der Waals surface area contributed by atoms with Crippen LogP contribution >= 0.6 is 0 Å². The lowest BCUT2D eigenvalue weighted by atomic mass is 9.71. The van der Waals surface area contributed by atoms with E-state index in [2.05, 4.69) is 19.2 Å². The maximum atomic E-state index is 12.2. The Balaban J connectivity index is 2.61. The molecule has 2 nitrogen and oxygen atoms in total. The number of halogens is 3. The van der Waals surface area contributed by atoms with Gasteiger partial charge in [-0.15, -0.1) is 0 Å². The van der Waals surface area contributed by atoms with Crippen LogP contribution in [0.25, 0.3) is 0 Å². The van der Waals surface area contributed by atoms with Crippen LogP contribution in [0.3, 0.4) is 0 Å². The predicted molar refractivity (Wildman–Crippen MR) is 60.9 cm³/mol. The quantitative estimate of drug-likeness (QED) is 0.831. The van der Waals surface area contributed by atoms with Crippen molar-refractivity contribution in [3.05, 3.63) is 0 Å². The Bertz CT molecular complexity index is 240. The lowest BCUT2D eigenvalue weighted by molar-refractivity contribution is -0.195. The standard InChI is InChI=1S/C12H22F3NO/c1-4-16-10-9(17-8-12(13,14)15)6-5-7-11(10,2)3/h9-10,16H,4-8H2,1-3H3. The van der Waals surface area contributed by atoms with Crippen molar-refractivity contribution in [3.63, 3.8) is 0 Å². The summed E-state index contributed by atoms with van der Waals surface area (Å²) in [5.74, 6) is 0. The van der Waals surface area contributed by atoms with Crippen LogP contribution in [0.4, 0.5) is 13.2 Å². The fourth-order valence-electron chi connectivity index (χ4n) is 2.59. The smallest absolute Gasteiger partial charge is 0.367 e. The van der Waals surface area contributed by atoms with Crippen LogP contribution in [0.1, 0.15) is 40.0 Å². The first kappa shape index (κ1) is 14.8. The summed E-state index contributed by atoms with van der Waals surface area (Å²) in [5.41, 5.74) is -0.00940. The van der Waals surface area contributed by atoms with E-state index in [4.69, 9.17) is 4.74 Å². The van der Waals surface area contributed by atoms with E-state index in [1.165, 1.54) is 0 Å². The topological polar surface area (TPSA) is 21.3 Å². The largest absolute Gasteiger partial charge is 0.411 e. The summed E-state index contributed by atoms with van der Waals surface area (Å²) in [4.78, 5) is 0. The zero-order valence-corrected chi connectivity index (χ0v) is 10.7. The SMILES string of the molecule is CCNC1C(OCC(F)(F)F)CCCC1(C)C. The van der Waals surface area contributed by atoms with Crippen LogP contribution < -0.4 is 5.32 Å². The molecule has 5 heteroatoms. The van der Waals surface area contributed by atoms with Crippen molar-refractivity contribution < 1.29 is 17.9 Å². The van der Waals surface area contributed by atoms with E-state index in [1.54, 1.807) is 0 Å². The first-order chi connectivity index (χ1) is 7.76. The van der Waals surface area contributed by atoms with Gasteiger partial charge in [0.1, 0.15) is 6.61 Å². The Hall–Kier alpha value is -0.290. The van der Waals surface area contributed by atoms with Gasteiger partial charge < -0.3 is 10.1 Å². The summed E-state index contributed by atoms with van der Waals surface area (Å²) >= 11 is 0. The molecule has 102 valence electrons. The van der Waals surface area contributed by atoms with Gasteiger partial charge in [0, 0.05) is 6.04 Å². The van der Waals surface area contributed by atoms with Crippen molar-refractivity contribution in [2.45, 2.75) is 58.4 Å². The van der Waals surface area contributed by atoms with Crippen LogP contribution in [0.15, 0.2) is 0 Å². The van der Waals surface area contributed by atoms with Crippen molar-refractivity contribution in [2.75, 3.05) is 13.2 Å². The van der Waals surface area contributed by atoms with Crippen LogP contribution in [0.2, 0.25) is 0 Å². The third-order valence-corrected chi connectivity index (χ3v) is 3.41. The molecular weight excluding hydrogens is 231 g/mol. The molecule has 2 atom stereocenters. The molecule has 0 saturated heterocycles. The number of nitrogens with one attached hydrogen (secondary N) is 1. The Labute approximate surface area is 101 Å². The summed E-state index contributed by atoms with van der Waals surface area (Å²) in [7, 11) is 0. The Kier molecular flexibility index (Phi) is 4.84. The molecule has 1 N–H and O–H groups in total. The molecule has 0 amide bonds. The highest BCUT2D eigenvalue weighted by atomic mass is 19.4. The van der Waals surface area contributed by atoms with Gasteiger partial charge in [-0.25, -0.2) is 0 Å². The molecule has 1 rings (SSSR count). The maximum absolute atomic E-state index is 12.2. The fraction of sp³-hybridized carbons (Fsp3) is 1.00. The normalized spacial score (nSPS) is 29.3. The second-order valence-electron chi connectivity index (χ2n) is 5.38. The second-order valence-corrected chi connectivity index (χ2v) is 5.38. The number of ether oxygens (including phenoxy) is 1. The van der Waals surface area contributed by atoms with Gasteiger partial charge in [-0.2, -0.15) is 13.2 Å². The number of likely N-dealkylation sites (N-methyl/N-ethyl adjacent to an activating group) is 1. The third-order valence-electron chi connectivity index (χ3n) is 3.41. The Morgan fingerprint density at radius 1 is 1.35 bits per heavy atom. The van der Waals surface area contributed by atoms with E-state index in [-0.39, 0.29) is 17.6 Å². The first-order valence-electron chi connectivity index (χ1n) is 6.18. The summed E-state index contributed by atoms with van der Waals surface area (Å²) in [5, 5.41) is 3.27. The minimum absolute atomic E-state index is 0.00333. The summed E-state index contributed by atoms with van der Waals surface area (Å²) in [6.45, 7) is 5.74. The average molecular weight is 253 g/mol. The van der Waals surface area contributed by atoms with Gasteiger partial charge >= 0.3 is 6.18 Å². The number of hydrogen-bond donors (Lipinski definition) is 1. The highest BCUT2D eigenvalue weighted by molar-refractivity contribution is 4.94. The van der Waals surface area contributed by atoms with E-state index in [1.807, 2.05) is 6.92 Å².